The SMILES string of the molecule is Cc1ccccc1NC(=O)COC(=O)c1csc2c1CC[C@@H](C)C2. The molecule has 1 N–H and O–H groups in total. The zero-order valence-corrected chi connectivity index (χ0v) is 14.7. The second-order valence-corrected chi connectivity index (χ2v) is 7.30. The Hall–Kier alpha value is -2.14. The molecule has 1 atom stereocenters. The van der Waals surface area contributed by atoms with Gasteiger partial charge in [0.2, 0.25) is 0 Å². The van der Waals surface area contributed by atoms with Gasteiger partial charge in [0, 0.05) is 15.9 Å². The van der Waals surface area contributed by atoms with E-state index in [0.29, 0.717) is 11.5 Å². The number of hydrogen-bond acceptors (Lipinski definition) is 4. The summed E-state index contributed by atoms with van der Waals surface area (Å²) in [4.78, 5) is 25.6. The average molecular weight is 343 g/mol. The largest absolute Gasteiger partial charge is 0.452 e. The number of fused-ring (bicyclic) bond motifs is 1. The van der Waals surface area contributed by atoms with Crippen LogP contribution in [0.25, 0.3) is 0 Å². The van der Waals surface area contributed by atoms with E-state index in [1.54, 1.807) is 11.3 Å². The van der Waals surface area contributed by atoms with E-state index in [4.69, 9.17) is 4.74 Å². The van der Waals surface area contributed by atoms with Crippen LogP contribution >= 0.6 is 11.3 Å². The Morgan fingerprint density at radius 1 is 1.33 bits per heavy atom. The maximum atomic E-state index is 12.3. The summed E-state index contributed by atoms with van der Waals surface area (Å²) in [5.74, 6) is -0.0581. The van der Waals surface area contributed by atoms with Crippen LogP contribution in [0.5, 0.6) is 0 Å². The average Bonchev–Trinajstić information content (AvgIpc) is 2.98. The zero-order valence-electron chi connectivity index (χ0n) is 13.9. The van der Waals surface area contributed by atoms with Gasteiger partial charge in [0.25, 0.3) is 5.91 Å². The molecule has 0 bridgehead atoms. The van der Waals surface area contributed by atoms with Crippen molar-refractivity contribution in [2.75, 3.05) is 11.9 Å². The smallest absolute Gasteiger partial charge is 0.339 e. The van der Waals surface area contributed by atoms with Crippen LogP contribution in [0.2, 0.25) is 0 Å². The number of rotatable bonds is 4. The summed E-state index contributed by atoms with van der Waals surface area (Å²) < 4.78 is 5.21. The molecule has 126 valence electrons. The first kappa shape index (κ1) is 16.7. The number of ether oxygens (including phenoxy) is 1. The lowest BCUT2D eigenvalue weighted by molar-refractivity contribution is -0.119. The Morgan fingerprint density at radius 2 is 2.12 bits per heavy atom. The molecule has 4 nitrogen and oxygen atoms in total. The van der Waals surface area contributed by atoms with Crippen LogP contribution in [0.15, 0.2) is 29.6 Å². The van der Waals surface area contributed by atoms with Gasteiger partial charge in [-0.3, -0.25) is 4.79 Å². The van der Waals surface area contributed by atoms with Gasteiger partial charge in [0.1, 0.15) is 0 Å². The molecule has 1 aromatic carbocycles. The summed E-state index contributed by atoms with van der Waals surface area (Å²) in [6.45, 7) is 3.88. The van der Waals surface area contributed by atoms with Gasteiger partial charge in [-0.2, -0.15) is 0 Å². The van der Waals surface area contributed by atoms with E-state index in [2.05, 4.69) is 12.2 Å². The Labute approximate surface area is 145 Å². The van der Waals surface area contributed by atoms with Crippen molar-refractivity contribution in [1.29, 1.82) is 0 Å². The molecule has 3 rings (SSSR count). The number of amides is 1. The number of benzene rings is 1. The molecule has 1 aliphatic carbocycles. The molecule has 0 fully saturated rings. The van der Waals surface area contributed by atoms with Gasteiger partial charge >= 0.3 is 5.97 Å². The fourth-order valence-corrected chi connectivity index (χ4v) is 4.19. The molecule has 0 saturated heterocycles. The first-order valence-electron chi connectivity index (χ1n) is 8.16. The molecule has 1 aromatic heterocycles. The Balaban J connectivity index is 1.58. The topological polar surface area (TPSA) is 55.4 Å². The fourth-order valence-electron chi connectivity index (χ4n) is 2.96. The van der Waals surface area contributed by atoms with Crippen LogP contribution in [0.1, 0.15) is 39.7 Å². The number of nitrogens with one attached hydrogen (secondary N) is 1. The number of esters is 1. The summed E-state index contributed by atoms with van der Waals surface area (Å²) in [6, 6.07) is 7.50. The molecule has 1 aliphatic rings. The Kier molecular flexibility index (Phi) is 5.00. The number of para-hydroxylation sites is 1. The number of thiophene rings is 1. The molecule has 5 heteroatoms. The zero-order chi connectivity index (χ0) is 17.1. The molecule has 2 aromatic rings. The number of hydrogen-bond donors (Lipinski definition) is 1. The second kappa shape index (κ2) is 7.18. The minimum Gasteiger partial charge on any atom is -0.452 e. The lowest BCUT2D eigenvalue weighted by Crippen LogP contribution is -2.22. The molecular formula is C19H21NO3S. The number of aryl methyl sites for hydroxylation is 1. The van der Waals surface area contributed by atoms with Gasteiger partial charge in [-0.05, 0) is 49.3 Å². The second-order valence-electron chi connectivity index (χ2n) is 6.34. The highest BCUT2D eigenvalue weighted by Crippen LogP contribution is 2.33. The van der Waals surface area contributed by atoms with E-state index in [1.807, 2.05) is 36.6 Å². The van der Waals surface area contributed by atoms with Crippen molar-refractivity contribution in [2.45, 2.75) is 33.1 Å². The summed E-state index contributed by atoms with van der Waals surface area (Å²) in [5.41, 5.74) is 3.45. The third-order valence-electron chi connectivity index (χ3n) is 4.38. The molecule has 0 spiro atoms. The fraction of sp³-hybridized carbons (Fsp3) is 0.368. The normalized spacial score (nSPS) is 16.3. The van der Waals surface area contributed by atoms with Crippen LogP contribution in [-0.2, 0) is 22.4 Å². The predicted molar refractivity (Wildman–Crippen MR) is 95.6 cm³/mol. The molecule has 1 amide bonds. The quantitative estimate of drug-likeness (QED) is 0.855. The summed E-state index contributed by atoms with van der Waals surface area (Å²) >= 11 is 1.62. The maximum Gasteiger partial charge on any atom is 0.339 e. The van der Waals surface area contributed by atoms with Crippen LogP contribution in [0.4, 0.5) is 5.69 Å². The van der Waals surface area contributed by atoms with E-state index in [0.717, 1.165) is 36.1 Å². The standard InChI is InChI=1S/C19H21NO3S/c1-12-7-8-14-15(11-24-17(14)9-12)19(22)23-10-18(21)20-16-6-4-3-5-13(16)2/h3-6,11-12H,7-10H2,1-2H3,(H,20,21)/t12-/m1/s1. The molecular weight excluding hydrogens is 322 g/mol. The van der Waals surface area contributed by atoms with E-state index >= 15 is 0 Å². The Morgan fingerprint density at radius 3 is 2.92 bits per heavy atom. The minimum absolute atomic E-state index is 0.270. The lowest BCUT2D eigenvalue weighted by atomic mass is 9.88. The van der Waals surface area contributed by atoms with Gasteiger partial charge in [-0.15, -0.1) is 11.3 Å². The minimum atomic E-state index is -0.401. The highest BCUT2D eigenvalue weighted by Gasteiger charge is 2.24. The summed E-state index contributed by atoms with van der Waals surface area (Å²) in [7, 11) is 0. The maximum absolute atomic E-state index is 12.3. The number of anilines is 1. The Bertz CT molecular complexity index is 766. The van der Waals surface area contributed by atoms with E-state index in [1.165, 1.54) is 4.88 Å². The van der Waals surface area contributed by atoms with Crippen LogP contribution in [0, 0.1) is 12.8 Å². The van der Waals surface area contributed by atoms with Crippen molar-refractivity contribution in [3.8, 4) is 0 Å². The highest BCUT2D eigenvalue weighted by molar-refractivity contribution is 7.10. The van der Waals surface area contributed by atoms with Crippen molar-refractivity contribution in [3.05, 3.63) is 51.2 Å². The third-order valence-corrected chi connectivity index (χ3v) is 5.43. The lowest BCUT2D eigenvalue weighted by Gasteiger charge is -2.18. The van der Waals surface area contributed by atoms with Crippen molar-refractivity contribution in [2.24, 2.45) is 5.92 Å². The van der Waals surface area contributed by atoms with Gasteiger partial charge in [-0.25, -0.2) is 4.79 Å². The first-order chi connectivity index (χ1) is 11.5. The van der Waals surface area contributed by atoms with Gasteiger partial charge in [-0.1, -0.05) is 25.1 Å². The van der Waals surface area contributed by atoms with E-state index in [9.17, 15) is 9.59 Å². The monoisotopic (exact) mass is 343 g/mol. The predicted octanol–water partition coefficient (Wildman–Crippen LogP) is 3.98. The highest BCUT2D eigenvalue weighted by atomic mass is 32.1. The number of carbonyl (C=O) groups is 2. The molecule has 0 aliphatic heterocycles. The van der Waals surface area contributed by atoms with Gasteiger partial charge in [0.15, 0.2) is 6.61 Å². The van der Waals surface area contributed by atoms with E-state index < -0.39 is 5.97 Å². The van der Waals surface area contributed by atoms with Crippen LogP contribution in [-0.4, -0.2) is 18.5 Å². The van der Waals surface area contributed by atoms with Crippen molar-refractivity contribution < 1.29 is 14.3 Å². The molecule has 1 heterocycles. The first-order valence-corrected chi connectivity index (χ1v) is 9.04. The van der Waals surface area contributed by atoms with Crippen molar-refractivity contribution in [3.63, 3.8) is 0 Å². The van der Waals surface area contributed by atoms with Crippen LogP contribution < -0.4 is 5.32 Å². The summed E-state index contributed by atoms with van der Waals surface area (Å²) in [5, 5.41) is 4.63. The molecule has 0 radical (unpaired) electrons. The van der Waals surface area contributed by atoms with E-state index in [-0.39, 0.29) is 12.5 Å². The number of carbonyl (C=O) groups excluding carboxylic acids is 2. The molecule has 0 saturated carbocycles. The van der Waals surface area contributed by atoms with Crippen molar-refractivity contribution >= 4 is 28.9 Å². The third kappa shape index (κ3) is 3.67. The summed E-state index contributed by atoms with van der Waals surface area (Å²) in [6.07, 6.45) is 3.04. The van der Waals surface area contributed by atoms with Gasteiger partial charge in [0.05, 0.1) is 5.56 Å². The van der Waals surface area contributed by atoms with Crippen molar-refractivity contribution in [1.82, 2.24) is 0 Å². The molecule has 24 heavy (non-hydrogen) atoms. The van der Waals surface area contributed by atoms with Gasteiger partial charge < -0.3 is 10.1 Å². The van der Waals surface area contributed by atoms with Crippen LogP contribution in [0.3, 0.4) is 0 Å². The molecule has 0 unspecified atom stereocenters.